The van der Waals surface area contributed by atoms with Gasteiger partial charge in [0.25, 0.3) is 0 Å². The van der Waals surface area contributed by atoms with Gasteiger partial charge < -0.3 is 19.4 Å². The normalized spacial score (nSPS) is 16.1. The van der Waals surface area contributed by atoms with Crippen molar-refractivity contribution in [3.8, 4) is 0 Å². The van der Waals surface area contributed by atoms with Gasteiger partial charge in [0.2, 0.25) is 5.89 Å². The van der Waals surface area contributed by atoms with Crippen molar-refractivity contribution in [1.82, 2.24) is 15.2 Å². The topological polar surface area (TPSA) is 67.6 Å². The number of nitrogens with zero attached hydrogens (tertiary/aromatic N) is 2. The van der Waals surface area contributed by atoms with Crippen molar-refractivity contribution >= 4 is 6.09 Å². The molecule has 1 aromatic rings. The Morgan fingerprint density at radius 3 is 2.60 bits per heavy atom. The fraction of sp³-hybridized carbons (Fsp3) is 0.714. The minimum atomic E-state index is -0.442. The molecule has 0 bridgehead atoms. The largest absolute Gasteiger partial charge is 0.444 e. The number of oxazole rings is 1. The van der Waals surface area contributed by atoms with Gasteiger partial charge in [-0.2, -0.15) is 0 Å². The molecule has 0 aliphatic carbocycles. The molecule has 0 spiro atoms. The van der Waals surface area contributed by atoms with Crippen molar-refractivity contribution in [3.63, 3.8) is 0 Å². The Morgan fingerprint density at radius 2 is 2.10 bits per heavy atom. The highest BCUT2D eigenvalue weighted by molar-refractivity contribution is 5.69. The number of aromatic nitrogens is 1. The van der Waals surface area contributed by atoms with E-state index in [-0.39, 0.29) is 12.1 Å². The molecule has 0 radical (unpaired) electrons. The van der Waals surface area contributed by atoms with Gasteiger partial charge in [-0.05, 0) is 34.6 Å². The second-order valence-corrected chi connectivity index (χ2v) is 6.21. The summed E-state index contributed by atoms with van der Waals surface area (Å²) in [6.07, 6.45) is -0.252. The number of hydrogen-bond acceptors (Lipinski definition) is 5. The molecule has 1 aromatic heterocycles. The Bertz CT molecular complexity index is 465. The maximum absolute atomic E-state index is 11.8. The number of likely N-dealkylation sites (tertiary alicyclic amines) is 1. The first-order chi connectivity index (χ1) is 9.24. The van der Waals surface area contributed by atoms with E-state index in [0.29, 0.717) is 25.5 Å². The van der Waals surface area contributed by atoms with Gasteiger partial charge in [-0.15, -0.1) is 0 Å². The van der Waals surface area contributed by atoms with Crippen molar-refractivity contribution in [1.29, 1.82) is 0 Å². The summed E-state index contributed by atoms with van der Waals surface area (Å²) in [5.41, 5.74) is 0.480. The van der Waals surface area contributed by atoms with Crippen LogP contribution in [0.4, 0.5) is 4.79 Å². The first kappa shape index (κ1) is 14.8. The maximum Gasteiger partial charge on any atom is 0.410 e. The Morgan fingerprint density at radius 1 is 1.45 bits per heavy atom. The second-order valence-electron chi connectivity index (χ2n) is 6.21. The molecule has 0 saturated carbocycles. The minimum absolute atomic E-state index is 0.252. The van der Waals surface area contributed by atoms with Crippen LogP contribution in [0.15, 0.2) is 4.42 Å². The molecule has 0 aromatic carbocycles. The van der Waals surface area contributed by atoms with Gasteiger partial charge in [0.15, 0.2) is 0 Å². The maximum atomic E-state index is 11.8. The third-order valence-corrected chi connectivity index (χ3v) is 3.15. The molecule has 2 heterocycles. The molecule has 0 unspecified atom stereocenters. The lowest BCUT2D eigenvalue weighted by molar-refractivity contribution is 0.00501. The number of carbonyl (C=O) groups is 1. The predicted molar refractivity (Wildman–Crippen MR) is 74.4 cm³/mol. The van der Waals surface area contributed by atoms with E-state index < -0.39 is 5.60 Å². The molecular formula is C14H23N3O3. The van der Waals surface area contributed by atoms with Crippen molar-refractivity contribution in [2.24, 2.45) is 0 Å². The SMILES string of the molecule is Cc1nc(CNC2CN(C(=O)OC(C)(C)C)C2)oc1C. The van der Waals surface area contributed by atoms with E-state index in [1.807, 2.05) is 34.6 Å². The van der Waals surface area contributed by atoms with Crippen LogP contribution in [0.2, 0.25) is 0 Å². The molecule has 6 nitrogen and oxygen atoms in total. The van der Waals surface area contributed by atoms with Gasteiger partial charge in [-0.1, -0.05) is 0 Å². The smallest absolute Gasteiger partial charge is 0.410 e. The van der Waals surface area contributed by atoms with E-state index in [0.717, 1.165) is 11.5 Å². The zero-order chi connectivity index (χ0) is 14.9. The molecule has 112 valence electrons. The first-order valence-corrected chi connectivity index (χ1v) is 6.89. The molecular weight excluding hydrogens is 258 g/mol. The van der Waals surface area contributed by atoms with Gasteiger partial charge in [0.1, 0.15) is 11.4 Å². The number of aryl methyl sites for hydroxylation is 2. The highest BCUT2D eigenvalue weighted by Crippen LogP contribution is 2.16. The first-order valence-electron chi connectivity index (χ1n) is 6.89. The van der Waals surface area contributed by atoms with Crippen molar-refractivity contribution in [2.75, 3.05) is 13.1 Å². The number of rotatable bonds is 3. The number of nitrogens with one attached hydrogen (secondary N) is 1. The molecule has 1 aliphatic rings. The number of amides is 1. The van der Waals surface area contributed by atoms with Crippen LogP contribution in [0.1, 0.15) is 38.1 Å². The standard InChI is InChI=1S/C14H23N3O3/c1-9-10(2)19-12(16-9)6-15-11-7-17(8-11)13(18)20-14(3,4)5/h11,15H,6-8H2,1-5H3. The Kier molecular flexibility index (Phi) is 4.04. The average Bonchev–Trinajstić information content (AvgIpc) is 2.53. The van der Waals surface area contributed by atoms with E-state index >= 15 is 0 Å². The summed E-state index contributed by atoms with van der Waals surface area (Å²) in [6.45, 7) is 11.3. The third kappa shape index (κ3) is 3.72. The van der Waals surface area contributed by atoms with Crippen LogP contribution in [-0.2, 0) is 11.3 Å². The molecule has 2 rings (SSSR count). The summed E-state index contributed by atoms with van der Waals surface area (Å²) in [6, 6.07) is 0.273. The van der Waals surface area contributed by atoms with E-state index in [2.05, 4.69) is 10.3 Å². The summed E-state index contributed by atoms with van der Waals surface area (Å²) < 4.78 is 10.8. The number of carbonyl (C=O) groups excluding carboxylic acids is 1. The Balaban J connectivity index is 1.70. The van der Waals surface area contributed by atoms with Crippen LogP contribution >= 0.6 is 0 Å². The van der Waals surface area contributed by atoms with E-state index in [1.54, 1.807) is 4.90 Å². The van der Waals surface area contributed by atoms with Gasteiger partial charge in [-0.25, -0.2) is 9.78 Å². The molecule has 6 heteroatoms. The van der Waals surface area contributed by atoms with Crippen LogP contribution < -0.4 is 5.32 Å². The molecule has 1 saturated heterocycles. The number of ether oxygens (including phenoxy) is 1. The van der Waals surface area contributed by atoms with Crippen LogP contribution in [0, 0.1) is 13.8 Å². The van der Waals surface area contributed by atoms with Crippen molar-refractivity contribution < 1.29 is 13.9 Å². The average molecular weight is 281 g/mol. The van der Waals surface area contributed by atoms with E-state index in [9.17, 15) is 4.79 Å². The quantitative estimate of drug-likeness (QED) is 0.918. The monoisotopic (exact) mass is 281 g/mol. The van der Waals surface area contributed by atoms with Crippen LogP contribution in [0.25, 0.3) is 0 Å². The Hall–Kier alpha value is -1.56. The van der Waals surface area contributed by atoms with E-state index in [4.69, 9.17) is 9.15 Å². The molecule has 1 N–H and O–H groups in total. The van der Waals surface area contributed by atoms with Gasteiger partial charge >= 0.3 is 6.09 Å². The fourth-order valence-corrected chi connectivity index (χ4v) is 1.93. The van der Waals surface area contributed by atoms with Crippen LogP contribution in [-0.4, -0.2) is 40.7 Å². The molecule has 0 atom stereocenters. The highest BCUT2D eigenvalue weighted by atomic mass is 16.6. The van der Waals surface area contributed by atoms with Gasteiger partial charge in [0.05, 0.1) is 12.2 Å². The zero-order valence-electron chi connectivity index (χ0n) is 12.8. The van der Waals surface area contributed by atoms with Gasteiger partial charge in [-0.3, -0.25) is 0 Å². The minimum Gasteiger partial charge on any atom is -0.444 e. The van der Waals surface area contributed by atoms with Gasteiger partial charge in [0, 0.05) is 19.1 Å². The lowest BCUT2D eigenvalue weighted by Crippen LogP contribution is -2.60. The van der Waals surface area contributed by atoms with Crippen molar-refractivity contribution in [2.45, 2.75) is 52.8 Å². The van der Waals surface area contributed by atoms with E-state index in [1.165, 1.54) is 0 Å². The number of hydrogen-bond donors (Lipinski definition) is 1. The third-order valence-electron chi connectivity index (χ3n) is 3.15. The highest BCUT2D eigenvalue weighted by Gasteiger charge is 2.33. The van der Waals surface area contributed by atoms with Crippen LogP contribution in [0.5, 0.6) is 0 Å². The van der Waals surface area contributed by atoms with Crippen LogP contribution in [0.3, 0.4) is 0 Å². The summed E-state index contributed by atoms with van der Waals surface area (Å²) in [5.74, 6) is 1.54. The molecule has 1 amide bonds. The fourth-order valence-electron chi connectivity index (χ4n) is 1.93. The Labute approximate surface area is 119 Å². The second kappa shape index (κ2) is 5.44. The summed E-state index contributed by atoms with van der Waals surface area (Å²) >= 11 is 0. The van der Waals surface area contributed by atoms with Crippen molar-refractivity contribution in [3.05, 3.63) is 17.3 Å². The summed E-state index contributed by atoms with van der Waals surface area (Å²) in [7, 11) is 0. The summed E-state index contributed by atoms with van der Waals surface area (Å²) in [5, 5.41) is 3.32. The predicted octanol–water partition coefficient (Wildman–Crippen LogP) is 2.00. The summed E-state index contributed by atoms with van der Waals surface area (Å²) in [4.78, 5) is 17.8. The molecule has 20 heavy (non-hydrogen) atoms. The lowest BCUT2D eigenvalue weighted by atomic mass is 10.1. The molecule has 1 aliphatic heterocycles. The molecule has 1 fully saturated rings. The lowest BCUT2D eigenvalue weighted by Gasteiger charge is -2.40. The zero-order valence-corrected chi connectivity index (χ0v) is 12.8.